The number of rotatable bonds is 5. The minimum atomic E-state index is 0.641. The molecule has 1 N–H and O–H groups in total. The molecule has 2 heterocycles. The minimum Gasteiger partial charge on any atom is -0.372 e. The lowest BCUT2D eigenvalue weighted by Crippen LogP contribution is -2.45. The number of piperazine rings is 1. The summed E-state index contributed by atoms with van der Waals surface area (Å²) in [6.07, 6.45) is 6.98. The number of benzene rings is 1. The highest BCUT2D eigenvalue weighted by Gasteiger charge is 2.30. The molecule has 3 heteroatoms. The molecule has 3 nitrogen and oxygen atoms in total. The fourth-order valence-electron chi connectivity index (χ4n) is 4.04. The number of nitrogens with zero attached hydrogens (tertiary/aromatic N) is 2. The van der Waals surface area contributed by atoms with Crippen molar-refractivity contribution in [3.8, 4) is 0 Å². The summed E-state index contributed by atoms with van der Waals surface area (Å²) in [4.78, 5) is 5.24. The number of hydrogen-bond donors (Lipinski definition) is 1. The van der Waals surface area contributed by atoms with Gasteiger partial charge in [-0.25, -0.2) is 0 Å². The summed E-state index contributed by atoms with van der Waals surface area (Å²) >= 11 is 0. The van der Waals surface area contributed by atoms with Gasteiger partial charge in [0.25, 0.3) is 0 Å². The van der Waals surface area contributed by atoms with Gasteiger partial charge < -0.3 is 10.2 Å². The Kier molecular flexibility index (Phi) is 4.35. The molecule has 0 spiro atoms. The van der Waals surface area contributed by atoms with Crippen LogP contribution in [0.2, 0.25) is 0 Å². The zero-order valence-electron chi connectivity index (χ0n) is 13.6. The molecule has 0 aromatic heterocycles. The van der Waals surface area contributed by atoms with Crippen molar-refractivity contribution in [2.75, 3.05) is 44.2 Å². The molecule has 4 rings (SSSR count). The van der Waals surface area contributed by atoms with E-state index in [2.05, 4.69) is 39.4 Å². The number of anilines is 1. The zero-order valence-corrected chi connectivity index (χ0v) is 13.6. The van der Waals surface area contributed by atoms with Crippen LogP contribution in [0.5, 0.6) is 0 Å². The maximum absolute atomic E-state index is 3.49. The van der Waals surface area contributed by atoms with E-state index in [0.717, 1.165) is 19.0 Å². The van der Waals surface area contributed by atoms with E-state index in [9.17, 15) is 0 Å². The molecule has 0 radical (unpaired) electrons. The third-order valence-corrected chi connectivity index (χ3v) is 5.59. The van der Waals surface area contributed by atoms with Gasteiger partial charge in [0.15, 0.2) is 0 Å². The van der Waals surface area contributed by atoms with Crippen molar-refractivity contribution in [3.05, 3.63) is 29.8 Å². The first-order chi connectivity index (χ1) is 10.9. The van der Waals surface area contributed by atoms with Gasteiger partial charge in [-0.05, 0) is 42.9 Å². The Labute approximate surface area is 134 Å². The molecule has 1 aromatic rings. The predicted octanol–water partition coefficient (Wildman–Crippen LogP) is 3.03. The second-order valence-electron chi connectivity index (χ2n) is 7.27. The van der Waals surface area contributed by atoms with Crippen LogP contribution >= 0.6 is 0 Å². The first-order valence-electron chi connectivity index (χ1n) is 9.20. The summed E-state index contributed by atoms with van der Waals surface area (Å²) in [5, 5.41) is 3.49. The Morgan fingerprint density at radius 2 is 1.64 bits per heavy atom. The van der Waals surface area contributed by atoms with E-state index in [1.807, 2.05) is 0 Å². The van der Waals surface area contributed by atoms with Crippen LogP contribution in [-0.4, -0.2) is 44.2 Å². The monoisotopic (exact) mass is 299 g/mol. The Hall–Kier alpha value is -1.06. The molecule has 1 aliphatic carbocycles. The van der Waals surface area contributed by atoms with Gasteiger partial charge in [0.05, 0.1) is 0 Å². The standard InChI is InChI=1S/C19H29N3/c1-2-12-21(11-1)18-7-5-17(6-8-18)19(15-16-3-4-16)22-13-9-20-10-14-22/h5-8,16,19-20H,1-4,9-15H2/t19-/m1/s1. The third kappa shape index (κ3) is 3.31. The maximum atomic E-state index is 3.49. The highest BCUT2D eigenvalue weighted by molar-refractivity contribution is 5.48. The second kappa shape index (κ2) is 6.59. The Balaban J connectivity index is 1.49. The third-order valence-electron chi connectivity index (χ3n) is 5.59. The van der Waals surface area contributed by atoms with E-state index in [1.54, 1.807) is 0 Å². The van der Waals surface area contributed by atoms with E-state index in [1.165, 1.54) is 69.5 Å². The molecule has 120 valence electrons. The molecule has 1 saturated carbocycles. The highest BCUT2D eigenvalue weighted by atomic mass is 15.2. The van der Waals surface area contributed by atoms with Crippen LogP contribution in [0.1, 0.15) is 43.7 Å². The van der Waals surface area contributed by atoms with Crippen molar-refractivity contribution in [3.63, 3.8) is 0 Å². The Bertz CT molecular complexity index is 468. The minimum absolute atomic E-state index is 0.641. The van der Waals surface area contributed by atoms with Gasteiger partial charge in [-0.2, -0.15) is 0 Å². The van der Waals surface area contributed by atoms with Crippen molar-refractivity contribution < 1.29 is 0 Å². The number of hydrogen-bond acceptors (Lipinski definition) is 3. The summed E-state index contributed by atoms with van der Waals surface area (Å²) in [6, 6.07) is 10.2. The lowest BCUT2D eigenvalue weighted by molar-refractivity contribution is 0.160. The molecule has 3 fully saturated rings. The quantitative estimate of drug-likeness (QED) is 0.901. The Morgan fingerprint density at radius 3 is 2.27 bits per heavy atom. The molecule has 0 amide bonds. The fraction of sp³-hybridized carbons (Fsp3) is 0.684. The first kappa shape index (κ1) is 14.5. The van der Waals surface area contributed by atoms with Gasteiger partial charge in [-0.15, -0.1) is 0 Å². The van der Waals surface area contributed by atoms with Crippen LogP contribution in [0.3, 0.4) is 0 Å². The van der Waals surface area contributed by atoms with E-state index in [0.29, 0.717) is 6.04 Å². The van der Waals surface area contributed by atoms with E-state index < -0.39 is 0 Å². The molecular formula is C19H29N3. The van der Waals surface area contributed by atoms with Gasteiger partial charge in [-0.1, -0.05) is 25.0 Å². The van der Waals surface area contributed by atoms with Crippen LogP contribution < -0.4 is 10.2 Å². The average Bonchev–Trinajstić information content (AvgIpc) is 3.24. The summed E-state index contributed by atoms with van der Waals surface area (Å²) in [7, 11) is 0. The summed E-state index contributed by atoms with van der Waals surface area (Å²) < 4.78 is 0. The molecule has 0 bridgehead atoms. The summed E-state index contributed by atoms with van der Waals surface area (Å²) in [6.45, 7) is 7.17. The molecular weight excluding hydrogens is 270 g/mol. The highest BCUT2D eigenvalue weighted by Crippen LogP contribution is 2.40. The van der Waals surface area contributed by atoms with Crippen molar-refractivity contribution >= 4 is 5.69 Å². The fourth-order valence-corrected chi connectivity index (χ4v) is 4.04. The van der Waals surface area contributed by atoms with Crippen LogP contribution in [0, 0.1) is 5.92 Å². The van der Waals surface area contributed by atoms with E-state index in [4.69, 9.17) is 0 Å². The first-order valence-corrected chi connectivity index (χ1v) is 9.20. The predicted molar refractivity (Wildman–Crippen MR) is 92.4 cm³/mol. The van der Waals surface area contributed by atoms with Crippen molar-refractivity contribution in [2.24, 2.45) is 5.92 Å². The normalized spacial score (nSPS) is 24.6. The van der Waals surface area contributed by atoms with E-state index in [-0.39, 0.29) is 0 Å². The van der Waals surface area contributed by atoms with Crippen LogP contribution in [0.15, 0.2) is 24.3 Å². The van der Waals surface area contributed by atoms with Crippen molar-refractivity contribution in [2.45, 2.75) is 38.1 Å². The van der Waals surface area contributed by atoms with Gasteiger partial charge >= 0.3 is 0 Å². The maximum Gasteiger partial charge on any atom is 0.0366 e. The largest absolute Gasteiger partial charge is 0.372 e. The Morgan fingerprint density at radius 1 is 0.955 bits per heavy atom. The van der Waals surface area contributed by atoms with Gasteiger partial charge in [0.2, 0.25) is 0 Å². The lowest BCUT2D eigenvalue weighted by Gasteiger charge is -2.35. The zero-order chi connectivity index (χ0) is 14.8. The summed E-state index contributed by atoms with van der Waals surface area (Å²) in [5.74, 6) is 0.984. The molecule has 0 unspecified atom stereocenters. The van der Waals surface area contributed by atoms with Gasteiger partial charge in [0.1, 0.15) is 0 Å². The van der Waals surface area contributed by atoms with Crippen LogP contribution in [-0.2, 0) is 0 Å². The van der Waals surface area contributed by atoms with Gasteiger partial charge in [0, 0.05) is 51.0 Å². The molecule has 1 atom stereocenters. The average molecular weight is 299 g/mol. The second-order valence-corrected chi connectivity index (χ2v) is 7.27. The lowest BCUT2D eigenvalue weighted by atomic mass is 9.98. The van der Waals surface area contributed by atoms with Crippen LogP contribution in [0.25, 0.3) is 0 Å². The van der Waals surface area contributed by atoms with E-state index >= 15 is 0 Å². The topological polar surface area (TPSA) is 18.5 Å². The van der Waals surface area contributed by atoms with Crippen molar-refractivity contribution in [1.29, 1.82) is 0 Å². The summed E-state index contributed by atoms with van der Waals surface area (Å²) in [5.41, 5.74) is 2.96. The number of nitrogens with one attached hydrogen (secondary N) is 1. The molecule has 1 aromatic carbocycles. The van der Waals surface area contributed by atoms with Crippen molar-refractivity contribution in [1.82, 2.24) is 10.2 Å². The molecule has 2 aliphatic heterocycles. The molecule has 3 aliphatic rings. The molecule has 22 heavy (non-hydrogen) atoms. The molecule has 2 saturated heterocycles. The SMILES string of the molecule is c1cc(N2CCCC2)ccc1[C@@H](CC1CC1)N1CCNCC1. The van der Waals surface area contributed by atoms with Gasteiger partial charge in [-0.3, -0.25) is 4.90 Å². The smallest absolute Gasteiger partial charge is 0.0366 e. The van der Waals surface area contributed by atoms with Crippen LogP contribution in [0.4, 0.5) is 5.69 Å².